The van der Waals surface area contributed by atoms with E-state index in [1.54, 1.807) is 32.9 Å². The van der Waals surface area contributed by atoms with Gasteiger partial charge in [-0.25, -0.2) is 18.4 Å². The molecule has 1 saturated heterocycles. The van der Waals surface area contributed by atoms with E-state index in [1.807, 2.05) is 13.8 Å². The zero-order valence-electron chi connectivity index (χ0n) is 19.8. The first-order valence-corrected chi connectivity index (χ1v) is 12.7. The molecule has 1 aromatic carbocycles. The summed E-state index contributed by atoms with van der Waals surface area (Å²) in [6.07, 6.45) is 3.47. The lowest BCUT2D eigenvalue weighted by Crippen LogP contribution is -2.31. The van der Waals surface area contributed by atoms with Gasteiger partial charge in [-0.05, 0) is 72.5 Å². The molecule has 9 nitrogen and oxygen atoms in total. The number of piperidine rings is 1. The number of sulfone groups is 1. The van der Waals surface area contributed by atoms with Crippen LogP contribution in [-0.4, -0.2) is 53.0 Å². The highest BCUT2D eigenvalue weighted by molar-refractivity contribution is 7.92. The van der Waals surface area contributed by atoms with Crippen LogP contribution in [0.5, 0.6) is 5.75 Å². The molecule has 0 atom stereocenters. The third-order valence-electron chi connectivity index (χ3n) is 6.22. The van der Waals surface area contributed by atoms with Crippen LogP contribution in [0, 0.1) is 19.8 Å². The number of hydrogen-bond donors (Lipinski definition) is 3. The zero-order chi connectivity index (χ0) is 23.8. The smallest absolute Gasteiger partial charge is 0.186 e. The molecular weight excluding hydrogens is 440 g/mol. The lowest BCUT2D eigenvalue weighted by molar-refractivity contribution is 0.211. The summed E-state index contributed by atoms with van der Waals surface area (Å²) >= 11 is 0. The normalized spacial score (nSPS) is 15.7. The average molecular weight is 473 g/mol. The number of benzene rings is 1. The molecular formula is C23H32N6O3S. The van der Waals surface area contributed by atoms with Crippen molar-refractivity contribution < 1.29 is 13.2 Å². The maximum Gasteiger partial charge on any atom is 0.186 e. The summed E-state index contributed by atoms with van der Waals surface area (Å²) in [6.45, 7) is 11.3. The van der Waals surface area contributed by atoms with Crippen molar-refractivity contribution in [3.63, 3.8) is 0 Å². The Kier molecular flexibility index (Phi) is 6.32. The van der Waals surface area contributed by atoms with E-state index in [9.17, 15) is 8.42 Å². The molecule has 1 aliphatic heterocycles. The molecule has 0 saturated carbocycles. The van der Waals surface area contributed by atoms with Gasteiger partial charge in [-0.3, -0.25) is 5.10 Å². The van der Waals surface area contributed by atoms with Gasteiger partial charge in [0.2, 0.25) is 0 Å². The number of hydrogen-bond acceptors (Lipinski definition) is 8. The molecule has 3 aromatic rings. The Labute approximate surface area is 194 Å². The van der Waals surface area contributed by atoms with E-state index in [1.165, 1.54) is 6.33 Å². The molecule has 0 bridgehead atoms. The van der Waals surface area contributed by atoms with Gasteiger partial charge in [-0.1, -0.05) is 0 Å². The second kappa shape index (κ2) is 8.90. The van der Waals surface area contributed by atoms with Crippen molar-refractivity contribution in [1.82, 2.24) is 25.5 Å². The minimum absolute atomic E-state index is 0.157. The quantitative estimate of drug-likeness (QED) is 0.497. The summed E-state index contributed by atoms with van der Waals surface area (Å²) in [7, 11) is -3.69. The van der Waals surface area contributed by atoms with Gasteiger partial charge in [-0.15, -0.1) is 0 Å². The largest absolute Gasteiger partial charge is 0.492 e. The highest BCUT2D eigenvalue weighted by atomic mass is 32.2. The van der Waals surface area contributed by atoms with Gasteiger partial charge in [0.1, 0.15) is 22.8 Å². The van der Waals surface area contributed by atoms with Gasteiger partial charge in [0, 0.05) is 22.7 Å². The van der Waals surface area contributed by atoms with Gasteiger partial charge in [0.25, 0.3) is 0 Å². The van der Waals surface area contributed by atoms with E-state index >= 15 is 0 Å². The van der Waals surface area contributed by atoms with Crippen LogP contribution >= 0.6 is 0 Å². The van der Waals surface area contributed by atoms with Crippen molar-refractivity contribution in [1.29, 1.82) is 0 Å². The van der Waals surface area contributed by atoms with Crippen LogP contribution in [0.4, 0.5) is 11.6 Å². The standard InChI is InChI=1S/C23H32N6O3S/c1-14-15(2)28-29-21(14)27-22-17-10-20(33(30,31)23(3,4)5)19(11-18(17)25-13-26-22)32-12-16-6-8-24-9-7-16/h10-11,13,16,24H,6-9,12H2,1-5H3,(H2,25,26,27,28,29). The summed E-state index contributed by atoms with van der Waals surface area (Å²) in [6, 6.07) is 3.34. The first-order chi connectivity index (χ1) is 15.6. The summed E-state index contributed by atoms with van der Waals surface area (Å²) in [5.74, 6) is 1.86. The number of anilines is 2. The zero-order valence-corrected chi connectivity index (χ0v) is 20.6. The Hall–Kier alpha value is -2.72. The number of H-pyrrole nitrogens is 1. The number of rotatable bonds is 6. The highest BCUT2D eigenvalue weighted by Crippen LogP contribution is 2.37. The lowest BCUT2D eigenvalue weighted by atomic mass is 9.99. The molecule has 3 N–H and O–H groups in total. The van der Waals surface area contributed by atoms with E-state index in [-0.39, 0.29) is 4.90 Å². The average Bonchev–Trinajstić information content (AvgIpc) is 3.09. The van der Waals surface area contributed by atoms with Gasteiger partial charge in [-0.2, -0.15) is 5.10 Å². The van der Waals surface area contributed by atoms with Crippen LogP contribution in [0.1, 0.15) is 44.9 Å². The van der Waals surface area contributed by atoms with Gasteiger partial charge >= 0.3 is 0 Å². The number of ether oxygens (including phenoxy) is 1. The minimum atomic E-state index is -3.69. The van der Waals surface area contributed by atoms with E-state index in [2.05, 4.69) is 30.8 Å². The Morgan fingerprint density at radius 3 is 2.48 bits per heavy atom. The number of aromatic amines is 1. The van der Waals surface area contributed by atoms with Crippen LogP contribution in [0.2, 0.25) is 0 Å². The molecule has 33 heavy (non-hydrogen) atoms. The Balaban J connectivity index is 1.79. The maximum atomic E-state index is 13.5. The lowest BCUT2D eigenvalue weighted by Gasteiger charge is -2.25. The van der Waals surface area contributed by atoms with Crippen LogP contribution in [-0.2, 0) is 9.84 Å². The third kappa shape index (κ3) is 4.67. The number of fused-ring (bicyclic) bond motifs is 1. The number of aryl methyl sites for hydroxylation is 1. The molecule has 178 valence electrons. The molecule has 0 radical (unpaired) electrons. The summed E-state index contributed by atoms with van der Waals surface area (Å²) < 4.78 is 32.2. The van der Waals surface area contributed by atoms with E-state index < -0.39 is 14.6 Å². The predicted molar refractivity (Wildman–Crippen MR) is 129 cm³/mol. The molecule has 1 fully saturated rings. The fraction of sp³-hybridized carbons (Fsp3) is 0.522. The molecule has 0 unspecified atom stereocenters. The van der Waals surface area contributed by atoms with Crippen molar-refractivity contribution >= 4 is 32.4 Å². The van der Waals surface area contributed by atoms with Crippen molar-refractivity contribution in [2.24, 2.45) is 5.92 Å². The van der Waals surface area contributed by atoms with Crippen molar-refractivity contribution in [3.8, 4) is 5.75 Å². The molecule has 4 rings (SSSR count). The van der Waals surface area contributed by atoms with E-state index in [0.29, 0.717) is 40.8 Å². The van der Waals surface area contributed by atoms with Crippen LogP contribution in [0.25, 0.3) is 10.9 Å². The molecule has 1 aliphatic rings. The first kappa shape index (κ1) is 23.4. The summed E-state index contributed by atoms with van der Waals surface area (Å²) in [4.78, 5) is 8.91. The Bertz CT molecular complexity index is 1260. The topological polar surface area (TPSA) is 122 Å². The monoisotopic (exact) mass is 472 g/mol. The second-order valence-corrected chi connectivity index (χ2v) is 12.3. The predicted octanol–water partition coefficient (Wildman–Crippen LogP) is 3.66. The van der Waals surface area contributed by atoms with Crippen LogP contribution in [0.3, 0.4) is 0 Å². The van der Waals surface area contributed by atoms with Gasteiger partial charge < -0.3 is 15.4 Å². The second-order valence-electron chi connectivity index (χ2n) is 9.61. The molecule has 0 spiro atoms. The van der Waals surface area contributed by atoms with E-state index in [4.69, 9.17) is 4.74 Å². The molecule has 10 heteroatoms. The number of nitrogens with one attached hydrogen (secondary N) is 3. The summed E-state index contributed by atoms with van der Waals surface area (Å²) in [5, 5.41) is 14.4. The van der Waals surface area contributed by atoms with Gasteiger partial charge in [0.05, 0.1) is 16.9 Å². The van der Waals surface area contributed by atoms with Gasteiger partial charge in [0.15, 0.2) is 15.7 Å². The van der Waals surface area contributed by atoms with E-state index in [0.717, 1.165) is 37.2 Å². The maximum absolute atomic E-state index is 13.5. The molecule has 0 aliphatic carbocycles. The first-order valence-electron chi connectivity index (χ1n) is 11.2. The number of aromatic nitrogens is 4. The summed E-state index contributed by atoms with van der Waals surface area (Å²) in [5.41, 5.74) is 2.51. The number of nitrogens with zero attached hydrogens (tertiary/aromatic N) is 3. The molecule has 3 heterocycles. The van der Waals surface area contributed by atoms with Crippen molar-refractivity contribution in [3.05, 3.63) is 29.7 Å². The SMILES string of the molecule is Cc1[nH]nc(Nc2ncnc3cc(OCC4CCNCC4)c(S(=O)(=O)C(C)(C)C)cc23)c1C. The highest BCUT2D eigenvalue weighted by Gasteiger charge is 2.34. The Morgan fingerprint density at radius 1 is 1.12 bits per heavy atom. The van der Waals surface area contributed by atoms with Crippen LogP contribution in [0.15, 0.2) is 23.4 Å². The van der Waals surface area contributed by atoms with Crippen LogP contribution < -0.4 is 15.4 Å². The fourth-order valence-corrected chi connectivity index (χ4v) is 5.11. The Morgan fingerprint density at radius 2 is 1.85 bits per heavy atom. The van der Waals surface area contributed by atoms with Crippen molar-refractivity contribution in [2.75, 3.05) is 25.0 Å². The van der Waals surface area contributed by atoms with Crippen molar-refractivity contribution in [2.45, 2.75) is 57.1 Å². The molecule has 0 amide bonds. The fourth-order valence-electron chi connectivity index (χ4n) is 3.79. The third-order valence-corrected chi connectivity index (χ3v) is 8.73. The minimum Gasteiger partial charge on any atom is -0.492 e. The molecule has 2 aromatic heterocycles.